The molecule has 1 fully saturated rings. The molecule has 0 radical (unpaired) electrons. The molecule has 1 rings (SSSR count). The second-order valence-electron chi connectivity index (χ2n) is 4.31. The van der Waals surface area contributed by atoms with E-state index in [0.29, 0.717) is 0 Å². The van der Waals surface area contributed by atoms with Gasteiger partial charge in [-0.15, -0.1) is 0 Å². The molecule has 4 heteroatoms. The van der Waals surface area contributed by atoms with E-state index in [0.717, 1.165) is 25.7 Å². The van der Waals surface area contributed by atoms with Gasteiger partial charge in [0.2, 0.25) is 0 Å². The first-order valence-corrected chi connectivity index (χ1v) is 5.90. The van der Waals surface area contributed by atoms with E-state index in [1.165, 1.54) is 7.11 Å². The Morgan fingerprint density at radius 1 is 1.44 bits per heavy atom. The number of cyclic esters (lactones) is 1. The zero-order chi connectivity index (χ0) is 12.1. The fourth-order valence-electron chi connectivity index (χ4n) is 2.12. The summed E-state index contributed by atoms with van der Waals surface area (Å²) in [5, 5.41) is 0. The molecule has 1 heterocycles. The highest BCUT2D eigenvalue weighted by Crippen LogP contribution is 2.32. The number of rotatable bonds is 5. The molecule has 0 saturated carbocycles. The van der Waals surface area contributed by atoms with Gasteiger partial charge >= 0.3 is 11.9 Å². The summed E-state index contributed by atoms with van der Waals surface area (Å²) >= 11 is 0. The van der Waals surface area contributed by atoms with Gasteiger partial charge in [-0.05, 0) is 12.8 Å². The van der Waals surface area contributed by atoms with Gasteiger partial charge in [0.1, 0.15) is 12.0 Å². The van der Waals surface area contributed by atoms with Crippen LogP contribution >= 0.6 is 0 Å². The molecule has 0 aromatic heterocycles. The maximum absolute atomic E-state index is 11.6. The van der Waals surface area contributed by atoms with Gasteiger partial charge in [-0.25, -0.2) is 0 Å². The molecule has 0 N–H and O–H groups in total. The summed E-state index contributed by atoms with van der Waals surface area (Å²) in [5.41, 5.74) is 0. The maximum atomic E-state index is 11.6. The molecule has 1 aliphatic heterocycles. The molecular formula is C12H20O4. The van der Waals surface area contributed by atoms with E-state index >= 15 is 0 Å². The summed E-state index contributed by atoms with van der Waals surface area (Å²) in [4.78, 5) is 23.0. The van der Waals surface area contributed by atoms with Crippen LogP contribution in [0.4, 0.5) is 0 Å². The zero-order valence-corrected chi connectivity index (χ0v) is 10.2. The molecule has 1 saturated heterocycles. The number of hydrogen-bond donors (Lipinski definition) is 0. The molecule has 3 atom stereocenters. The molecule has 92 valence electrons. The normalized spacial score (nSPS) is 28.9. The van der Waals surface area contributed by atoms with Gasteiger partial charge in [0, 0.05) is 0 Å². The molecule has 16 heavy (non-hydrogen) atoms. The zero-order valence-electron chi connectivity index (χ0n) is 10.2. The van der Waals surface area contributed by atoms with Crippen LogP contribution < -0.4 is 0 Å². The first kappa shape index (κ1) is 13.0. The van der Waals surface area contributed by atoms with Gasteiger partial charge in [-0.2, -0.15) is 0 Å². The lowest BCUT2D eigenvalue weighted by Gasteiger charge is -2.16. The molecule has 0 unspecified atom stereocenters. The van der Waals surface area contributed by atoms with E-state index in [9.17, 15) is 9.59 Å². The number of esters is 2. The third kappa shape index (κ3) is 2.74. The van der Waals surface area contributed by atoms with Gasteiger partial charge in [0.05, 0.1) is 13.0 Å². The van der Waals surface area contributed by atoms with Crippen LogP contribution in [0.5, 0.6) is 0 Å². The number of unbranched alkanes of at least 4 members (excludes halogenated alkanes) is 2. The lowest BCUT2D eigenvalue weighted by molar-refractivity contribution is -0.148. The molecule has 0 aromatic carbocycles. The summed E-state index contributed by atoms with van der Waals surface area (Å²) in [6.45, 7) is 3.84. The van der Waals surface area contributed by atoms with Crippen molar-refractivity contribution < 1.29 is 19.1 Å². The Labute approximate surface area is 96.3 Å². The van der Waals surface area contributed by atoms with E-state index in [1.807, 2.05) is 0 Å². The summed E-state index contributed by atoms with van der Waals surface area (Å²) in [6.07, 6.45) is 3.65. The van der Waals surface area contributed by atoms with Gasteiger partial charge in [0.15, 0.2) is 0 Å². The molecular weight excluding hydrogens is 208 g/mol. The van der Waals surface area contributed by atoms with E-state index in [1.54, 1.807) is 6.92 Å². The van der Waals surface area contributed by atoms with Crippen LogP contribution in [0.15, 0.2) is 0 Å². The minimum Gasteiger partial charge on any atom is -0.469 e. The van der Waals surface area contributed by atoms with Crippen LogP contribution in [0.25, 0.3) is 0 Å². The predicted octanol–water partition coefficient (Wildman–Crippen LogP) is 1.92. The number of ether oxygens (including phenoxy) is 2. The highest BCUT2D eigenvalue weighted by atomic mass is 16.6. The van der Waals surface area contributed by atoms with E-state index in [4.69, 9.17) is 9.47 Å². The van der Waals surface area contributed by atoms with Crippen LogP contribution in [-0.2, 0) is 19.1 Å². The Kier molecular flexibility index (Phi) is 4.77. The number of hydrogen-bond acceptors (Lipinski definition) is 4. The summed E-state index contributed by atoms with van der Waals surface area (Å²) in [7, 11) is 1.35. The van der Waals surface area contributed by atoms with Crippen molar-refractivity contribution in [1.29, 1.82) is 0 Å². The van der Waals surface area contributed by atoms with Crippen molar-refractivity contribution in [2.45, 2.75) is 45.6 Å². The summed E-state index contributed by atoms with van der Waals surface area (Å²) in [5.74, 6) is -1.41. The Hall–Kier alpha value is -1.06. The molecule has 0 bridgehead atoms. The fourth-order valence-corrected chi connectivity index (χ4v) is 2.12. The second kappa shape index (κ2) is 5.87. The van der Waals surface area contributed by atoms with Gasteiger partial charge in [-0.3, -0.25) is 9.59 Å². The van der Waals surface area contributed by atoms with Crippen molar-refractivity contribution in [1.82, 2.24) is 0 Å². The van der Waals surface area contributed by atoms with Crippen LogP contribution in [0.1, 0.15) is 39.5 Å². The van der Waals surface area contributed by atoms with E-state index < -0.39 is 5.92 Å². The molecule has 1 aliphatic rings. The quantitative estimate of drug-likeness (QED) is 0.533. The van der Waals surface area contributed by atoms with Crippen molar-refractivity contribution in [2.75, 3.05) is 7.11 Å². The SMILES string of the molecule is CCCCC[C@@H]1OC(=O)[C@H](C)[C@H]1C(=O)OC. The average Bonchev–Trinajstić information content (AvgIpc) is 2.55. The van der Waals surface area contributed by atoms with Crippen molar-refractivity contribution in [3.63, 3.8) is 0 Å². The summed E-state index contributed by atoms with van der Waals surface area (Å²) < 4.78 is 9.93. The monoisotopic (exact) mass is 228 g/mol. The Bertz CT molecular complexity index is 262. The summed E-state index contributed by atoms with van der Waals surface area (Å²) in [6, 6.07) is 0. The van der Waals surface area contributed by atoms with Crippen molar-refractivity contribution in [2.24, 2.45) is 11.8 Å². The second-order valence-corrected chi connectivity index (χ2v) is 4.31. The largest absolute Gasteiger partial charge is 0.469 e. The highest BCUT2D eigenvalue weighted by molar-refractivity contribution is 5.85. The number of carbonyl (C=O) groups is 2. The van der Waals surface area contributed by atoms with E-state index in [2.05, 4.69) is 6.92 Å². The highest BCUT2D eigenvalue weighted by Gasteiger charge is 2.46. The molecule has 0 aliphatic carbocycles. The smallest absolute Gasteiger partial charge is 0.313 e. The average molecular weight is 228 g/mol. The Morgan fingerprint density at radius 2 is 2.12 bits per heavy atom. The molecule has 0 amide bonds. The fraction of sp³-hybridized carbons (Fsp3) is 0.833. The minimum atomic E-state index is -0.422. The molecule has 0 spiro atoms. The van der Waals surface area contributed by atoms with E-state index in [-0.39, 0.29) is 24.0 Å². The lowest BCUT2D eigenvalue weighted by atomic mass is 9.89. The first-order valence-electron chi connectivity index (χ1n) is 5.90. The van der Waals surface area contributed by atoms with Gasteiger partial charge < -0.3 is 9.47 Å². The van der Waals surface area contributed by atoms with Crippen molar-refractivity contribution >= 4 is 11.9 Å². The van der Waals surface area contributed by atoms with Crippen LogP contribution in [-0.4, -0.2) is 25.2 Å². The van der Waals surface area contributed by atoms with Crippen LogP contribution in [0.2, 0.25) is 0 Å². The Balaban J connectivity index is 2.60. The molecule has 4 nitrogen and oxygen atoms in total. The maximum Gasteiger partial charge on any atom is 0.313 e. The van der Waals surface area contributed by atoms with Crippen molar-refractivity contribution in [3.05, 3.63) is 0 Å². The third-order valence-electron chi connectivity index (χ3n) is 3.14. The lowest BCUT2D eigenvalue weighted by Crippen LogP contribution is -2.29. The Morgan fingerprint density at radius 3 is 2.69 bits per heavy atom. The number of carbonyl (C=O) groups excluding carboxylic acids is 2. The minimum absolute atomic E-state index is 0.281. The van der Waals surface area contributed by atoms with Crippen molar-refractivity contribution in [3.8, 4) is 0 Å². The predicted molar refractivity (Wildman–Crippen MR) is 58.7 cm³/mol. The topological polar surface area (TPSA) is 52.6 Å². The van der Waals surface area contributed by atoms with Gasteiger partial charge in [0.25, 0.3) is 0 Å². The van der Waals surface area contributed by atoms with Crippen LogP contribution in [0.3, 0.4) is 0 Å². The number of methoxy groups -OCH3 is 1. The third-order valence-corrected chi connectivity index (χ3v) is 3.14. The first-order chi connectivity index (χ1) is 7.61. The standard InChI is InChI=1S/C12H20O4/c1-4-5-6-7-9-10(12(14)15-3)8(2)11(13)16-9/h8-10H,4-7H2,1-3H3/t8-,9+,10-/m1/s1. The van der Waals surface area contributed by atoms with Gasteiger partial charge in [-0.1, -0.05) is 26.7 Å². The molecule has 0 aromatic rings. The van der Waals surface area contributed by atoms with Crippen LogP contribution in [0, 0.1) is 11.8 Å².